The third-order valence-electron chi connectivity index (χ3n) is 1.55. The van der Waals surface area contributed by atoms with Crippen molar-refractivity contribution in [2.75, 3.05) is 6.54 Å². The summed E-state index contributed by atoms with van der Waals surface area (Å²) in [6, 6.07) is 1.65. The average Bonchev–Trinajstić information content (AvgIpc) is 2.52. The van der Waals surface area contributed by atoms with Crippen molar-refractivity contribution in [3.8, 4) is 0 Å². The van der Waals surface area contributed by atoms with Crippen molar-refractivity contribution < 1.29 is 9.63 Å². The Morgan fingerprint density at radius 3 is 3.15 bits per heavy atom. The molecule has 0 fully saturated rings. The van der Waals surface area contributed by atoms with Gasteiger partial charge in [0.05, 0.1) is 6.10 Å². The third-order valence-corrected chi connectivity index (χ3v) is 1.55. The van der Waals surface area contributed by atoms with Crippen LogP contribution in [0.25, 0.3) is 10.4 Å². The molecular weight excluding hydrogens is 172 g/mol. The van der Waals surface area contributed by atoms with Gasteiger partial charge in [-0.25, -0.2) is 0 Å². The first-order valence-electron chi connectivity index (χ1n) is 3.86. The van der Waals surface area contributed by atoms with Gasteiger partial charge in [-0.15, -0.1) is 0 Å². The maximum Gasteiger partial charge on any atom is 0.134 e. The Labute approximate surface area is 74.8 Å². The molecule has 70 valence electrons. The fraction of sp³-hybridized carbons (Fsp3) is 0.571. The summed E-state index contributed by atoms with van der Waals surface area (Å²) in [5.41, 5.74) is 8.47. The number of aliphatic hydroxyl groups is 1. The maximum absolute atomic E-state index is 9.45. The summed E-state index contributed by atoms with van der Waals surface area (Å²) in [4.78, 5) is 2.58. The van der Waals surface area contributed by atoms with E-state index in [1.165, 1.54) is 0 Å². The van der Waals surface area contributed by atoms with Gasteiger partial charge in [0.25, 0.3) is 0 Å². The van der Waals surface area contributed by atoms with Crippen LogP contribution < -0.4 is 0 Å². The number of aliphatic hydroxyl groups excluding tert-OH is 1. The number of aryl methyl sites for hydroxylation is 1. The lowest BCUT2D eigenvalue weighted by atomic mass is 10.2. The molecule has 0 spiro atoms. The predicted molar refractivity (Wildman–Crippen MR) is 44.8 cm³/mol. The largest absolute Gasteiger partial charge is 0.387 e. The van der Waals surface area contributed by atoms with Crippen LogP contribution in [0.15, 0.2) is 15.7 Å². The number of azide groups is 1. The zero-order valence-corrected chi connectivity index (χ0v) is 7.21. The zero-order chi connectivity index (χ0) is 9.68. The van der Waals surface area contributed by atoms with Gasteiger partial charge in [-0.1, -0.05) is 10.3 Å². The maximum atomic E-state index is 9.45. The molecule has 0 saturated heterocycles. The van der Waals surface area contributed by atoms with Crippen molar-refractivity contribution in [2.24, 2.45) is 5.11 Å². The molecule has 1 heterocycles. The minimum Gasteiger partial charge on any atom is -0.387 e. The van der Waals surface area contributed by atoms with E-state index in [1.54, 1.807) is 13.0 Å². The molecule has 0 aromatic carbocycles. The van der Waals surface area contributed by atoms with Crippen LogP contribution in [0, 0.1) is 6.92 Å². The molecular formula is C7H10N4O2. The second-order valence-corrected chi connectivity index (χ2v) is 2.62. The van der Waals surface area contributed by atoms with Gasteiger partial charge in [0.15, 0.2) is 0 Å². The lowest BCUT2D eigenvalue weighted by molar-refractivity contribution is 0.160. The topological polar surface area (TPSA) is 95.0 Å². The normalized spacial score (nSPS) is 12.2. The first-order chi connectivity index (χ1) is 6.24. The summed E-state index contributed by atoms with van der Waals surface area (Å²) in [5, 5.41) is 16.4. The minimum atomic E-state index is -0.719. The van der Waals surface area contributed by atoms with Gasteiger partial charge in [-0.05, 0) is 18.9 Å². The van der Waals surface area contributed by atoms with E-state index in [2.05, 4.69) is 15.2 Å². The Bertz CT molecular complexity index is 316. The van der Waals surface area contributed by atoms with Crippen LogP contribution >= 0.6 is 0 Å². The highest BCUT2D eigenvalue weighted by molar-refractivity contribution is 5.06. The Hall–Kier alpha value is -1.52. The highest BCUT2D eigenvalue weighted by Crippen LogP contribution is 2.15. The lowest BCUT2D eigenvalue weighted by Crippen LogP contribution is -1.98. The molecule has 1 aromatic rings. The molecule has 0 aliphatic heterocycles. The average molecular weight is 182 g/mol. The van der Waals surface area contributed by atoms with Crippen LogP contribution in [0.4, 0.5) is 0 Å². The highest BCUT2D eigenvalue weighted by Gasteiger charge is 2.10. The van der Waals surface area contributed by atoms with Gasteiger partial charge in [-0.2, -0.15) is 0 Å². The highest BCUT2D eigenvalue weighted by atomic mass is 16.5. The van der Waals surface area contributed by atoms with Gasteiger partial charge >= 0.3 is 0 Å². The van der Waals surface area contributed by atoms with Gasteiger partial charge in [0.2, 0.25) is 0 Å². The summed E-state index contributed by atoms with van der Waals surface area (Å²) in [5.74, 6) is 0.651. The van der Waals surface area contributed by atoms with Crippen LogP contribution in [0.1, 0.15) is 24.0 Å². The molecule has 1 rings (SSSR count). The summed E-state index contributed by atoms with van der Waals surface area (Å²) in [7, 11) is 0. The van der Waals surface area contributed by atoms with Crippen molar-refractivity contribution in [3.63, 3.8) is 0 Å². The molecule has 0 radical (unpaired) electrons. The van der Waals surface area contributed by atoms with E-state index in [1.807, 2.05) is 0 Å². The minimum absolute atomic E-state index is 0.254. The molecule has 0 saturated carbocycles. The van der Waals surface area contributed by atoms with E-state index in [0.717, 1.165) is 0 Å². The molecule has 1 atom stereocenters. The predicted octanol–water partition coefficient (Wildman–Crippen LogP) is 1.72. The van der Waals surface area contributed by atoms with Crippen molar-refractivity contribution >= 4 is 0 Å². The van der Waals surface area contributed by atoms with Gasteiger partial charge in [0.1, 0.15) is 11.5 Å². The van der Waals surface area contributed by atoms with E-state index in [0.29, 0.717) is 17.9 Å². The first-order valence-corrected chi connectivity index (χ1v) is 3.86. The molecule has 6 heteroatoms. The van der Waals surface area contributed by atoms with E-state index >= 15 is 0 Å². The third kappa shape index (κ3) is 2.77. The number of hydrogen-bond acceptors (Lipinski definition) is 4. The summed E-state index contributed by atoms with van der Waals surface area (Å²) in [6.45, 7) is 2.00. The SMILES string of the molecule is Cc1cc(C(O)CCN=[N+]=[N-])no1. The second kappa shape index (κ2) is 4.49. The molecule has 0 amide bonds. The molecule has 1 N–H and O–H groups in total. The monoisotopic (exact) mass is 182 g/mol. The van der Waals surface area contributed by atoms with E-state index < -0.39 is 6.10 Å². The lowest BCUT2D eigenvalue weighted by Gasteiger charge is -2.02. The van der Waals surface area contributed by atoms with E-state index in [4.69, 9.17) is 10.1 Å². The Morgan fingerprint density at radius 2 is 2.62 bits per heavy atom. The van der Waals surface area contributed by atoms with Crippen LogP contribution in [-0.2, 0) is 0 Å². The molecule has 0 bridgehead atoms. The molecule has 0 aliphatic rings. The van der Waals surface area contributed by atoms with Crippen molar-refractivity contribution in [2.45, 2.75) is 19.4 Å². The van der Waals surface area contributed by atoms with Gasteiger partial charge in [-0.3, -0.25) is 0 Å². The van der Waals surface area contributed by atoms with E-state index in [9.17, 15) is 5.11 Å². The standard InChI is InChI=1S/C7H10N4O2/c1-5-4-6(10-13-5)7(12)2-3-9-11-8/h4,7,12H,2-3H2,1H3. The Morgan fingerprint density at radius 1 is 1.85 bits per heavy atom. The van der Waals surface area contributed by atoms with Crippen molar-refractivity contribution in [1.29, 1.82) is 0 Å². The molecule has 0 aliphatic carbocycles. The van der Waals surface area contributed by atoms with Crippen molar-refractivity contribution in [3.05, 3.63) is 28.0 Å². The van der Waals surface area contributed by atoms with Crippen LogP contribution in [-0.4, -0.2) is 16.8 Å². The fourth-order valence-corrected chi connectivity index (χ4v) is 0.915. The number of nitrogens with zero attached hydrogens (tertiary/aromatic N) is 4. The van der Waals surface area contributed by atoms with Crippen LogP contribution in [0.5, 0.6) is 0 Å². The number of hydrogen-bond donors (Lipinski definition) is 1. The fourth-order valence-electron chi connectivity index (χ4n) is 0.915. The molecule has 1 aromatic heterocycles. The number of aromatic nitrogens is 1. The number of rotatable bonds is 4. The molecule has 1 unspecified atom stereocenters. The van der Waals surface area contributed by atoms with Gasteiger partial charge in [0, 0.05) is 17.5 Å². The smallest absolute Gasteiger partial charge is 0.134 e. The summed E-state index contributed by atoms with van der Waals surface area (Å²) >= 11 is 0. The first kappa shape index (κ1) is 9.57. The van der Waals surface area contributed by atoms with Crippen LogP contribution in [0.3, 0.4) is 0 Å². The van der Waals surface area contributed by atoms with Crippen molar-refractivity contribution in [1.82, 2.24) is 5.16 Å². The van der Waals surface area contributed by atoms with Gasteiger partial charge < -0.3 is 9.63 Å². The quantitative estimate of drug-likeness (QED) is 0.436. The molecule has 6 nitrogen and oxygen atoms in total. The summed E-state index contributed by atoms with van der Waals surface area (Å²) < 4.78 is 4.78. The zero-order valence-electron chi connectivity index (χ0n) is 7.21. The second-order valence-electron chi connectivity index (χ2n) is 2.62. The summed E-state index contributed by atoms with van der Waals surface area (Å²) in [6.07, 6.45) is -0.362. The van der Waals surface area contributed by atoms with E-state index in [-0.39, 0.29) is 6.54 Å². The molecule has 13 heavy (non-hydrogen) atoms. The Kier molecular flexibility index (Phi) is 3.31. The Balaban J connectivity index is 2.48. The van der Waals surface area contributed by atoms with Crippen LogP contribution in [0.2, 0.25) is 0 Å².